The molecule has 0 saturated heterocycles. The van der Waals surface area contributed by atoms with Gasteiger partial charge in [-0.05, 0) is 24.7 Å². The first kappa shape index (κ1) is 15.2. The number of aliphatic hydroxyl groups excluding tert-OH is 1. The smallest absolute Gasteiger partial charge is 0.124 e. The van der Waals surface area contributed by atoms with Gasteiger partial charge in [0.25, 0.3) is 0 Å². The number of aromatic nitrogens is 1. The van der Waals surface area contributed by atoms with E-state index < -0.39 is 6.10 Å². The number of allylic oxidation sites excluding steroid dienone is 2. The highest BCUT2D eigenvalue weighted by atomic mass is 16.5. The summed E-state index contributed by atoms with van der Waals surface area (Å²) in [7, 11) is 0. The Morgan fingerprint density at radius 2 is 2.35 bits per heavy atom. The van der Waals surface area contributed by atoms with Gasteiger partial charge in [-0.3, -0.25) is 0 Å². The van der Waals surface area contributed by atoms with Gasteiger partial charge in [0.1, 0.15) is 6.26 Å². The highest BCUT2D eigenvalue weighted by molar-refractivity contribution is 4.94. The lowest BCUT2D eigenvalue weighted by atomic mass is 9.85. The number of hydrogen-bond acceptors (Lipinski definition) is 5. The van der Waals surface area contributed by atoms with Crippen LogP contribution in [-0.4, -0.2) is 36.1 Å². The molecule has 0 bridgehead atoms. The SMILES string of the molecule is CC1CC=CCC1COCC(O)CNCc1ccon1. The number of aliphatic hydroxyl groups is 1. The average Bonchev–Trinajstić information content (AvgIpc) is 2.94. The molecule has 1 aliphatic rings. The number of nitrogens with zero attached hydrogens (tertiary/aromatic N) is 1. The second-order valence-electron chi connectivity index (χ2n) is 5.49. The molecule has 3 atom stereocenters. The lowest BCUT2D eigenvalue weighted by molar-refractivity contribution is 0.0127. The van der Waals surface area contributed by atoms with Crippen molar-refractivity contribution in [3.8, 4) is 0 Å². The van der Waals surface area contributed by atoms with Crippen molar-refractivity contribution in [3.05, 3.63) is 30.2 Å². The molecule has 1 aromatic rings. The quantitative estimate of drug-likeness (QED) is 0.710. The molecule has 2 rings (SSSR count). The molecular formula is C15H24N2O3. The first-order valence-electron chi connectivity index (χ1n) is 7.26. The van der Waals surface area contributed by atoms with Gasteiger partial charge in [-0.15, -0.1) is 0 Å². The van der Waals surface area contributed by atoms with Crippen LogP contribution in [0.5, 0.6) is 0 Å². The standard InChI is InChI=1S/C15H24N2O3/c1-12-4-2-3-5-13(12)10-19-11-15(18)9-16-8-14-6-7-20-17-14/h2-3,6-7,12-13,15-16,18H,4-5,8-11H2,1H3. The van der Waals surface area contributed by atoms with Gasteiger partial charge in [-0.2, -0.15) is 0 Å². The number of rotatable bonds is 8. The maximum Gasteiger partial charge on any atom is 0.124 e. The predicted molar refractivity (Wildman–Crippen MR) is 76.1 cm³/mol. The van der Waals surface area contributed by atoms with E-state index in [2.05, 4.69) is 29.5 Å². The van der Waals surface area contributed by atoms with E-state index in [1.807, 2.05) is 0 Å². The molecule has 0 aromatic carbocycles. The third-order valence-corrected chi connectivity index (χ3v) is 3.74. The van der Waals surface area contributed by atoms with Crippen LogP contribution in [0, 0.1) is 11.8 Å². The minimum absolute atomic E-state index is 0.374. The molecule has 2 N–H and O–H groups in total. The third kappa shape index (κ3) is 5.07. The van der Waals surface area contributed by atoms with E-state index in [9.17, 15) is 5.11 Å². The van der Waals surface area contributed by atoms with E-state index in [1.165, 1.54) is 6.26 Å². The summed E-state index contributed by atoms with van der Waals surface area (Å²) in [6.07, 6.45) is 7.73. The highest BCUT2D eigenvalue weighted by Crippen LogP contribution is 2.24. The van der Waals surface area contributed by atoms with Crippen molar-refractivity contribution in [2.24, 2.45) is 11.8 Å². The van der Waals surface area contributed by atoms with Crippen LogP contribution in [0.4, 0.5) is 0 Å². The zero-order chi connectivity index (χ0) is 14.2. The normalized spacial score (nSPS) is 23.9. The Balaban J connectivity index is 1.53. The van der Waals surface area contributed by atoms with Gasteiger partial charge in [0.15, 0.2) is 0 Å². The lowest BCUT2D eigenvalue weighted by Gasteiger charge is -2.25. The van der Waals surface area contributed by atoms with Gasteiger partial charge in [-0.25, -0.2) is 0 Å². The molecule has 1 aromatic heterocycles. The number of hydrogen-bond donors (Lipinski definition) is 2. The second kappa shape index (κ2) is 8.19. The van der Waals surface area contributed by atoms with Gasteiger partial charge >= 0.3 is 0 Å². The van der Waals surface area contributed by atoms with Crippen LogP contribution in [0.15, 0.2) is 29.0 Å². The van der Waals surface area contributed by atoms with Crippen molar-refractivity contribution >= 4 is 0 Å². The average molecular weight is 280 g/mol. The molecule has 112 valence electrons. The summed E-state index contributed by atoms with van der Waals surface area (Å²) in [5.41, 5.74) is 0.834. The van der Waals surface area contributed by atoms with E-state index in [4.69, 9.17) is 9.26 Å². The Kier molecular flexibility index (Phi) is 6.24. The van der Waals surface area contributed by atoms with Crippen molar-refractivity contribution in [2.45, 2.75) is 32.4 Å². The molecule has 0 aliphatic heterocycles. The van der Waals surface area contributed by atoms with Crippen LogP contribution in [0.1, 0.15) is 25.5 Å². The molecule has 1 aliphatic carbocycles. The van der Waals surface area contributed by atoms with Gasteiger partial charge in [-0.1, -0.05) is 24.2 Å². The second-order valence-corrected chi connectivity index (χ2v) is 5.49. The summed E-state index contributed by atoms with van der Waals surface area (Å²) in [5.74, 6) is 1.25. The highest BCUT2D eigenvalue weighted by Gasteiger charge is 2.18. The summed E-state index contributed by atoms with van der Waals surface area (Å²) in [6, 6.07) is 1.80. The topological polar surface area (TPSA) is 67.5 Å². The Bertz CT molecular complexity index is 392. The van der Waals surface area contributed by atoms with Crippen LogP contribution >= 0.6 is 0 Å². The molecule has 5 nitrogen and oxygen atoms in total. The number of nitrogens with one attached hydrogen (secondary N) is 1. The van der Waals surface area contributed by atoms with Crippen LogP contribution in [0.2, 0.25) is 0 Å². The van der Waals surface area contributed by atoms with Crippen LogP contribution in [0.3, 0.4) is 0 Å². The number of ether oxygens (including phenoxy) is 1. The van der Waals surface area contributed by atoms with E-state index in [-0.39, 0.29) is 0 Å². The molecule has 0 saturated carbocycles. The van der Waals surface area contributed by atoms with Gasteiger partial charge in [0, 0.05) is 19.2 Å². The first-order chi connectivity index (χ1) is 9.75. The molecule has 0 spiro atoms. The zero-order valence-corrected chi connectivity index (χ0v) is 12.0. The summed E-state index contributed by atoms with van der Waals surface area (Å²) < 4.78 is 10.4. The minimum atomic E-state index is -0.490. The van der Waals surface area contributed by atoms with Crippen molar-refractivity contribution in [1.82, 2.24) is 10.5 Å². The predicted octanol–water partition coefficient (Wildman–Crippen LogP) is 1.74. The molecule has 5 heteroatoms. The fourth-order valence-corrected chi connectivity index (χ4v) is 2.35. The van der Waals surface area contributed by atoms with Crippen molar-refractivity contribution in [2.75, 3.05) is 19.8 Å². The molecule has 0 radical (unpaired) electrons. The zero-order valence-electron chi connectivity index (χ0n) is 12.0. The Morgan fingerprint density at radius 3 is 3.10 bits per heavy atom. The third-order valence-electron chi connectivity index (χ3n) is 3.74. The van der Waals surface area contributed by atoms with Crippen molar-refractivity contribution in [1.29, 1.82) is 0 Å². The van der Waals surface area contributed by atoms with Gasteiger partial charge in [0.05, 0.1) is 25.0 Å². The fourth-order valence-electron chi connectivity index (χ4n) is 2.35. The Morgan fingerprint density at radius 1 is 1.50 bits per heavy atom. The van der Waals surface area contributed by atoms with E-state index in [1.54, 1.807) is 6.07 Å². The van der Waals surface area contributed by atoms with Crippen molar-refractivity contribution < 1.29 is 14.4 Å². The van der Waals surface area contributed by atoms with Gasteiger partial charge < -0.3 is 19.7 Å². The summed E-state index contributed by atoms with van der Waals surface area (Å²) >= 11 is 0. The van der Waals surface area contributed by atoms with Crippen LogP contribution in [0.25, 0.3) is 0 Å². The fraction of sp³-hybridized carbons (Fsp3) is 0.667. The lowest BCUT2D eigenvalue weighted by Crippen LogP contribution is -2.31. The summed E-state index contributed by atoms with van der Waals surface area (Å²) in [4.78, 5) is 0. The summed E-state index contributed by atoms with van der Waals surface area (Å²) in [5, 5.41) is 16.7. The van der Waals surface area contributed by atoms with Gasteiger partial charge in [0.2, 0.25) is 0 Å². The van der Waals surface area contributed by atoms with E-state index >= 15 is 0 Å². The van der Waals surface area contributed by atoms with E-state index in [0.29, 0.717) is 31.5 Å². The first-order valence-corrected chi connectivity index (χ1v) is 7.26. The molecule has 0 amide bonds. The molecule has 0 fully saturated rings. The Labute approximate surface area is 120 Å². The van der Waals surface area contributed by atoms with Crippen LogP contribution < -0.4 is 5.32 Å². The molecule has 1 heterocycles. The van der Waals surface area contributed by atoms with Crippen LogP contribution in [-0.2, 0) is 11.3 Å². The maximum absolute atomic E-state index is 9.83. The Hall–Kier alpha value is -1.17. The minimum Gasteiger partial charge on any atom is -0.389 e. The van der Waals surface area contributed by atoms with Crippen molar-refractivity contribution in [3.63, 3.8) is 0 Å². The molecule has 3 unspecified atom stereocenters. The monoisotopic (exact) mass is 280 g/mol. The molecular weight excluding hydrogens is 256 g/mol. The molecule has 20 heavy (non-hydrogen) atoms. The van der Waals surface area contributed by atoms with E-state index in [0.717, 1.165) is 25.1 Å². The maximum atomic E-state index is 9.83. The largest absolute Gasteiger partial charge is 0.389 e. The summed E-state index contributed by atoms with van der Waals surface area (Å²) in [6.45, 7) is 4.45.